The Labute approximate surface area is 135 Å². The van der Waals surface area contributed by atoms with E-state index in [1.165, 1.54) is 28.6 Å². The number of hydrogen-bond donors (Lipinski definition) is 0. The predicted molar refractivity (Wildman–Crippen MR) is 83.8 cm³/mol. The fourth-order valence-electron chi connectivity index (χ4n) is 2.66. The zero-order valence-electron chi connectivity index (χ0n) is 12.7. The molecule has 0 saturated carbocycles. The van der Waals surface area contributed by atoms with E-state index < -0.39 is 15.8 Å². The van der Waals surface area contributed by atoms with Crippen LogP contribution in [0.3, 0.4) is 0 Å². The van der Waals surface area contributed by atoms with E-state index in [0.717, 1.165) is 13.1 Å². The van der Waals surface area contributed by atoms with Crippen LogP contribution in [0.4, 0.5) is 4.39 Å². The number of halogens is 1. The third-order valence-electron chi connectivity index (χ3n) is 4.02. The second-order valence-electron chi connectivity index (χ2n) is 5.48. The van der Waals surface area contributed by atoms with Gasteiger partial charge >= 0.3 is 0 Å². The van der Waals surface area contributed by atoms with E-state index in [1.807, 2.05) is 10.8 Å². The summed E-state index contributed by atoms with van der Waals surface area (Å²) >= 11 is 0. The van der Waals surface area contributed by atoms with E-state index in [1.54, 1.807) is 12.5 Å². The van der Waals surface area contributed by atoms with E-state index in [4.69, 9.17) is 0 Å². The van der Waals surface area contributed by atoms with Crippen LogP contribution >= 0.6 is 0 Å². The van der Waals surface area contributed by atoms with Gasteiger partial charge in [-0.1, -0.05) is 12.1 Å². The monoisotopic (exact) mass is 338 g/mol. The molecule has 0 bridgehead atoms. The topological polar surface area (TPSA) is 58.4 Å². The summed E-state index contributed by atoms with van der Waals surface area (Å²) in [6.07, 6.45) is 5.40. The summed E-state index contributed by atoms with van der Waals surface area (Å²) in [5.74, 6) is -0.699. The lowest BCUT2D eigenvalue weighted by molar-refractivity contribution is 0.182. The van der Waals surface area contributed by atoms with Crippen molar-refractivity contribution in [1.29, 1.82) is 0 Å². The molecule has 1 aromatic heterocycles. The Morgan fingerprint density at radius 1 is 1.09 bits per heavy atom. The van der Waals surface area contributed by atoms with Gasteiger partial charge in [0.05, 0.1) is 6.33 Å². The highest BCUT2D eigenvalue weighted by Gasteiger charge is 2.30. The lowest BCUT2D eigenvalue weighted by atomic mass is 10.3. The summed E-state index contributed by atoms with van der Waals surface area (Å²) in [6, 6.07) is 5.52. The lowest BCUT2D eigenvalue weighted by Crippen LogP contribution is -2.49. The summed E-state index contributed by atoms with van der Waals surface area (Å²) in [5, 5.41) is 0. The highest BCUT2D eigenvalue weighted by atomic mass is 32.2. The molecule has 1 aliphatic rings. The van der Waals surface area contributed by atoms with Gasteiger partial charge in [-0.25, -0.2) is 17.8 Å². The zero-order valence-corrected chi connectivity index (χ0v) is 13.5. The fourth-order valence-corrected chi connectivity index (χ4v) is 4.15. The summed E-state index contributed by atoms with van der Waals surface area (Å²) in [6.45, 7) is 3.69. The van der Waals surface area contributed by atoms with E-state index >= 15 is 0 Å². The molecule has 6 nitrogen and oxygen atoms in total. The molecule has 0 amide bonds. The number of hydrogen-bond acceptors (Lipinski definition) is 4. The standard InChI is InChI=1S/C15H19FN4O2S/c16-14-3-1-2-4-15(14)23(21,22)20-11-9-18(10-12-20)7-8-19-6-5-17-13-19/h1-6,13H,7-12H2. The van der Waals surface area contributed by atoms with Gasteiger partial charge in [-0.3, -0.25) is 4.90 Å². The summed E-state index contributed by atoms with van der Waals surface area (Å²) in [4.78, 5) is 5.95. The van der Waals surface area contributed by atoms with Crippen molar-refractivity contribution in [2.24, 2.45) is 0 Å². The van der Waals surface area contributed by atoms with Crippen molar-refractivity contribution in [1.82, 2.24) is 18.8 Å². The van der Waals surface area contributed by atoms with Gasteiger partial charge in [0.1, 0.15) is 10.7 Å². The molecule has 8 heteroatoms. The van der Waals surface area contributed by atoms with Gasteiger partial charge in [-0.05, 0) is 12.1 Å². The van der Waals surface area contributed by atoms with Crippen LogP contribution in [0, 0.1) is 5.82 Å². The van der Waals surface area contributed by atoms with Crippen LogP contribution in [0.25, 0.3) is 0 Å². The maximum atomic E-state index is 13.8. The minimum atomic E-state index is -3.76. The maximum Gasteiger partial charge on any atom is 0.246 e. The molecule has 1 saturated heterocycles. The van der Waals surface area contributed by atoms with Crippen LogP contribution in [-0.2, 0) is 16.6 Å². The fraction of sp³-hybridized carbons (Fsp3) is 0.400. The van der Waals surface area contributed by atoms with Crippen molar-refractivity contribution in [2.45, 2.75) is 11.4 Å². The molecule has 1 aromatic carbocycles. The average molecular weight is 338 g/mol. The normalized spacial score (nSPS) is 17.4. The molecule has 23 heavy (non-hydrogen) atoms. The minimum absolute atomic E-state index is 0.244. The van der Waals surface area contributed by atoms with Crippen LogP contribution in [0.1, 0.15) is 0 Å². The molecule has 0 spiro atoms. The van der Waals surface area contributed by atoms with E-state index in [9.17, 15) is 12.8 Å². The Morgan fingerprint density at radius 2 is 1.83 bits per heavy atom. The Balaban J connectivity index is 1.59. The molecule has 0 N–H and O–H groups in total. The first-order valence-corrected chi connectivity index (χ1v) is 8.94. The Hall–Kier alpha value is -1.77. The SMILES string of the molecule is O=S(=O)(c1ccccc1F)N1CCN(CCn2ccnc2)CC1. The molecule has 0 atom stereocenters. The van der Waals surface area contributed by atoms with Gasteiger partial charge in [-0.15, -0.1) is 0 Å². The van der Waals surface area contributed by atoms with Crippen LogP contribution < -0.4 is 0 Å². The zero-order chi connectivity index (χ0) is 16.3. The highest BCUT2D eigenvalue weighted by Crippen LogP contribution is 2.20. The van der Waals surface area contributed by atoms with Gasteiger partial charge in [-0.2, -0.15) is 4.31 Å². The molecular weight excluding hydrogens is 319 g/mol. The first kappa shape index (κ1) is 16.1. The lowest BCUT2D eigenvalue weighted by Gasteiger charge is -2.34. The van der Waals surface area contributed by atoms with Gasteiger partial charge in [0, 0.05) is 51.7 Å². The van der Waals surface area contributed by atoms with Crippen molar-refractivity contribution < 1.29 is 12.8 Å². The number of nitrogens with zero attached hydrogens (tertiary/aromatic N) is 4. The quantitative estimate of drug-likeness (QED) is 0.817. The largest absolute Gasteiger partial charge is 0.336 e. The van der Waals surface area contributed by atoms with Gasteiger partial charge in [0.15, 0.2) is 0 Å². The third-order valence-corrected chi connectivity index (χ3v) is 5.95. The Morgan fingerprint density at radius 3 is 2.48 bits per heavy atom. The molecule has 3 rings (SSSR count). The molecule has 1 fully saturated rings. The number of benzene rings is 1. The summed E-state index contributed by atoms with van der Waals surface area (Å²) in [7, 11) is -3.76. The second-order valence-corrected chi connectivity index (χ2v) is 7.38. The smallest absolute Gasteiger partial charge is 0.246 e. The summed E-state index contributed by atoms with van der Waals surface area (Å²) < 4.78 is 42.1. The molecule has 1 aliphatic heterocycles. The van der Waals surface area contributed by atoms with Crippen molar-refractivity contribution in [2.75, 3.05) is 32.7 Å². The van der Waals surface area contributed by atoms with Gasteiger partial charge in [0.25, 0.3) is 0 Å². The highest BCUT2D eigenvalue weighted by molar-refractivity contribution is 7.89. The number of aromatic nitrogens is 2. The Bertz CT molecular complexity index is 741. The first-order chi connectivity index (χ1) is 11.1. The second kappa shape index (κ2) is 6.77. The number of sulfonamides is 1. The van der Waals surface area contributed by atoms with Crippen molar-refractivity contribution in [3.05, 3.63) is 48.8 Å². The van der Waals surface area contributed by atoms with Crippen LogP contribution in [0.15, 0.2) is 47.9 Å². The Kier molecular flexibility index (Phi) is 4.74. The number of rotatable bonds is 5. The molecule has 0 aliphatic carbocycles. The van der Waals surface area contributed by atoms with E-state index in [2.05, 4.69) is 9.88 Å². The first-order valence-electron chi connectivity index (χ1n) is 7.50. The van der Waals surface area contributed by atoms with E-state index in [0.29, 0.717) is 26.2 Å². The van der Waals surface area contributed by atoms with Gasteiger partial charge < -0.3 is 4.57 Å². The molecule has 2 aromatic rings. The summed E-state index contributed by atoms with van der Waals surface area (Å²) in [5.41, 5.74) is 0. The molecule has 124 valence electrons. The molecule has 0 unspecified atom stereocenters. The molecule has 0 radical (unpaired) electrons. The van der Waals surface area contributed by atoms with Crippen LogP contribution in [-0.4, -0.2) is 59.9 Å². The third kappa shape index (κ3) is 3.60. The number of imidazole rings is 1. The average Bonchev–Trinajstić information content (AvgIpc) is 3.07. The predicted octanol–water partition coefficient (Wildman–Crippen LogP) is 1.03. The van der Waals surface area contributed by atoms with Crippen LogP contribution in [0.2, 0.25) is 0 Å². The minimum Gasteiger partial charge on any atom is -0.336 e. The molecular formula is C15H19FN4O2S. The maximum absolute atomic E-state index is 13.8. The van der Waals surface area contributed by atoms with Crippen molar-refractivity contribution >= 4 is 10.0 Å². The van der Waals surface area contributed by atoms with Gasteiger partial charge in [0.2, 0.25) is 10.0 Å². The van der Waals surface area contributed by atoms with Crippen molar-refractivity contribution in [3.63, 3.8) is 0 Å². The molecule has 2 heterocycles. The number of piperazine rings is 1. The van der Waals surface area contributed by atoms with Crippen molar-refractivity contribution in [3.8, 4) is 0 Å². The van der Waals surface area contributed by atoms with Crippen LogP contribution in [0.5, 0.6) is 0 Å². The van der Waals surface area contributed by atoms with E-state index in [-0.39, 0.29) is 4.90 Å².